The zero-order valence-electron chi connectivity index (χ0n) is 19.6. The number of carboxylic acid groups (broad SMARTS) is 1. The Balaban J connectivity index is 1.32. The van der Waals surface area contributed by atoms with E-state index < -0.39 is 29.9 Å². The highest BCUT2D eigenvalue weighted by molar-refractivity contribution is 5.82. The van der Waals surface area contributed by atoms with Crippen LogP contribution in [0.3, 0.4) is 0 Å². The molecule has 2 aromatic rings. The van der Waals surface area contributed by atoms with Crippen LogP contribution >= 0.6 is 0 Å². The number of carboxylic acids is 1. The fourth-order valence-corrected chi connectivity index (χ4v) is 5.09. The Morgan fingerprint density at radius 2 is 1.56 bits per heavy atom. The topological polar surface area (TPSA) is 105 Å². The van der Waals surface area contributed by atoms with E-state index in [4.69, 9.17) is 4.74 Å². The smallest absolute Gasteiger partial charge is 0.407 e. The van der Waals surface area contributed by atoms with Crippen molar-refractivity contribution in [3.8, 4) is 11.1 Å². The standard InChI is InChI=1S/C27H32N2O5/c1-16(25(30)29-24-14-8-7-13-22(24)26(31)32)17(2)28-27(33)34-15-23-20-11-5-3-9-18(20)19-10-4-6-12-21(19)23/h3-6,9-12,16-17,22-24H,7-8,13-15H2,1-2H3,(H,28,33)(H,29,30)(H,31,32). The normalized spacial score (nSPS) is 21.0. The number of rotatable bonds is 7. The van der Waals surface area contributed by atoms with Gasteiger partial charge in [0.25, 0.3) is 0 Å². The van der Waals surface area contributed by atoms with Gasteiger partial charge in [0.15, 0.2) is 0 Å². The van der Waals surface area contributed by atoms with E-state index >= 15 is 0 Å². The molecule has 4 atom stereocenters. The Morgan fingerprint density at radius 1 is 0.971 bits per heavy atom. The van der Waals surface area contributed by atoms with Gasteiger partial charge in [0.2, 0.25) is 5.91 Å². The van der Waals surface area contributed by atoms with Crippen LogP contribution in [-0.2, 0) is 14.3 Å². The van der Waals surface area contributed by atoms with E-state index in [0.29, 0.717) is 12.8 Å². The van der Waals surface area contributed by atoms with E-state index in [1.54, 1.807) is 13.8 Å². The fourth-order valence-electron chi connectivity index (χ4n) is 5.09. The largest absolute Gasteiger partial charge is 0.481 e. The number of carbonyl (C=O) groups is 3. The minimum atomic E-state index is -0.873. The molecule has 1 saturated carbocycles. The van der Waals surface area contributed by atoms with Crippen molar-refractivity contribution in [2.45, 2.75) is 57.5 Å². The zero-order valence-corrected chi connectivity index (χ0v) is 19.6. The second-order valence-corrected chi connectivity index (χ2v) is 9.39. The summed E-state index contributed by atoms with van der Waals surface area (Å²) < 4.78 is 5.58. The third-order valence-electron chi connectivity index (χ3n) is 7.26. The van der Waals surface area contributed by atoms with Crippen LogP contribution in [0.2, 0.25) is 0 Å². The van der Waals surface area contributed by atoms with Gasteiger partial charge in [0.1, 0.15) is 6.61 Å². The van der Waals surface area contributed by atoms with Gasteiger partial charge in [-0.3, -0.25) is 9.59 Å². The lowest BCUT2D eigenvalue weighted by Gasteiger charge is -2.31. The summed E-state index contributed by atoms with van der Waals surface area (Å²) in [6.45, 7) is 3.68. The number of hydrogen-bond donors (Lipinski definition) is 3. The van der Waals surface area contributed by atoms with Crippen LogP contribution in [-0.4, -0.2) is 41.8 Å². The molecule has 2 aliphatic rings. The maximum Gasteiger partial charge on any atom is 0.407 e. The summed E-state index contributed by atoms with van der Waals surface area (Å²) >= 11 is 0. The molecule has 0 saturated heterocycles. The number of nitrogens with one attached hydrogen (secondary N) is 2. The molecule has 0 aromatic heterocycles. The monoisotopic (exact) mass is 464 g/mol. The number of alkyl carbamates (subject to hydrolysis) is 1. The van der Waals surface area contributed by atoms with Crippen LogP contribution in [0.5, 0.6) is 0 Å². The predicted octanol–water partition coefficient (Wildman–Crippen LogP) is 4.31. The summed E-state index contributed by atoms with van der Waals surface area (Å²) in [7, 11) is 0. The van der Waals surface area contributed by atoms with Gasteiger partial charge in [0.05, 0.1) is 11.8 Å². The van der Waals surface area contributed by atoms with Gasteiger partial charge in [-0.2, -0.15) is 0 Å². The molecule has 1 fully saturated rings. The van der Waals surface area contributed by atoms with E-state index in [0.717, 1.165) is 35.1 Å². The van der Waals surface area contributed by atoms with Crippen molar-refractivity contribution < 1.29 is 24.2 Å². The van der Waals surface area contributed by atoms with Gasteiger partial charge in [0, 0.05) is 18.0 Å². The molecule has 7 nitrogen and oxygen atoms in total. The lowest BCUT2D eigenvalue weighted by Crippen LogP contribution is -2.50. The molecule has 180 valence electrons. The highest BCUT2D eigenvalue weighted by Crippen LogP contribution is 2.44. The maximum atomic E-state index is 12.7. The molecule has 0 radical (unpaired) electrons. The van der Waals surface area contributed by atoms with Crippen LogP contribution in [0.15, 0.2) is 48.5 Å². The highest BCUT2D eigenvalue weighted by Gasteiger charge is 2.34. The molecule has 2 aromatic carbocycles. The Morgan fingerprint density at radius 3 is 2.18 bits per heavy atom. The number of aliphatic carboxylic acids is 1. The molecule has 34 heavy (non-hydrogen) atoms. The molecule has 0 spiro atoms. The van der Waals surface area contributed by atoms with Crippen LogP contribution < -0.4 is 10.6 Å². The predicted molar refractivity (Wildman–Crippen MR) is 128 cm³/mol. The molecule has 2 amide bonds. The average molecular weight is 465 g/mol. The first-order valence-electron chi connectivity index (χ1n) is 12.0. The molecule has 2 aliphatic carbocycles. The first-order chi connectivity index (χ1) is 16.4. The van der Waals surface area contributed by atoms with Crippen LogP contribution in [0, 0.1) is 11.8 Å². The summed E-state index contributed by atoms with van der Waals surface area (Å²) in [5.74, 6) is -2.26. The summed E-state index contributed by atoms with van der Waals surface area (Å²) in [6, 6.07) is 15.4. The van der Waals surface area contributed by atoms with Crippen molar-refractivity contribution in [2.24, 2.45) is 11.8 Å². The fraction of sp³-hybridized carbons (Fsp3) is 0.444. The first kappa shape index (κ1) is 23.8. The zero-order chi connectivity index (χ0) is 24.2. The van der Waals surface area contributed by atoms with E-state index in [-0.39, 0.29) is 24.5 Å². The lowest BCUT2D eigenvalue weighted by atomic mass is 9.84. The Hall–Kier alpha value is -3.35. The maximum absolute atomic E-state index is 12.7. The van der Waals surface area contributed by atoms with E-state index in [1.807, 2.05) is 24.3 Å². The number of fused-ring (bicyclic) bond motifs is 3. The second-order valence-electron chi connectivity index (χ2n) is 9.39. The highest BCUT2D eigenvalue weighted by atomic mass is 16.5. The molecular weight excluding hydrogens is 432 g/mol. The van der Waals surface area contributed by atoms with Gasteiger partial charge in [-0.1, -0.05) is 68.3 Å². The van der Waals surface area contributed by atoms with E-state index in [1.165, 1.54) is 0 Å². The molecule has 0 aliphatic heterocycles. The third kappa shape index (κ3) is 4.93. The number of amides is 2. The molecule has 3 N–H and O–H groups in total. The SMILES string of the molecule is CC(NC(=O)OCC1c2ccccc2-c2ccccc21)C(C)C(=O)NC1CCCCC1C(=O)O. The van der Waals surface area contributed by atoms with Crippen molar-refractivity contribution in [1.29, 1.82) is 0 Å². The van der Waals surface area contributed by atoms with Gasteiger partial charge < -0.3 is 20.5 Å². The van der Waals surface area contributed by atoms with E-state index in [2.05, 4.69) is 34.9 Å². The van der Waals surface area contributed by atoms with Gasteiger partial charge in [-0.05, 0) is 42.0 Å². The minimum Gasteiger partial charge on any atom is -0.481 e. The van der Waals surface area contributed by atoms with E-state index in [9.17, 15) is 19.5 Å². The third-order valence-corrected chi connectivity index (χ3v) is 7.26. The van der Waals surface area contributed by atoms with Crippen molar-refractivity contribution >= 4 is 18.0 Å². The van der Waals surface area contributed by atoms with Crippen molar-refractivity contribution in [1.82, 2.24) is 10.6 Å². The van der Waals surface area contributed by atoms with Crippen molar-refractivity contribution in [3.05, 3.63) is 59.7 Å². The second kappa shape index (κ2) is 10.3. The molecule has 0 heterocycles. The number of benzene rings is 2. The summed E-state index contributed by atoms with van der Waals surface area (Å²) in [5.41, 5.74) is 4.59. The molecule has 7 heteroatoms. The quantitative estimate of drug-likeness (QED) is 0.566. The minimum absolute atomic E-state index is 0.0339. The number of hydrogen-bond acceptors (Lipinski definition) is 4. The Labute approximate surface area is 199 Å². The summed E-state index contributed by atoms with van der Waals surface area (Å²) in [6.07, 6.45) is 2.41. The Kier molecular flexibility index (Phi) is 7.20. The lowest BCUT2D eigenvalue weighted by molar-refractivity contribution is -0.144. The Bertz CT molecular complexity index is 1020. The van der Waals surface area contributed by atoms with Crippen LogP contribution in [0.25, 0.3) is 11.1 Å². The van der Waals surface area contributed by atoms with Crippen molar-refractivity contribution in [2.75, 3.05) is 6.61 Å². The van der Waals surface area contributed by atoms with Crippen LogP contribution in [0.1, 0.15) is 56.6 Å². The van der Waals surface area contributed by atoms with Gasteiger partial charge >= 0.3 is 12.1 Å². The van der Waals surface area contributed by atoms with Crippen molar-refractivity contribution in [3.63, 3.8) is 0 Å². The molecule has 4 rings (SSSR count). The summed E-state index contributed by atoms with van der Waals surface area (Å²) in [5, 5.41) is 15.1. The molecular formula is C27H32N2O5. The number of ether oxygens (including phenoxy) is 1. The first-order valence-corrected chi connectivity index (χ1v) is 12.0. The van der Waals surface area contributed by atoms with Gasteiger partial charge in [-0.15, -0.1) is 0 Å². The molecule has 4 unspecified atom stereocenters. The van der Waals surface area contributed by atoms with Crippen LogP contribution in [0.4, 0.5) is 4.79 Å². The number of carbonyl (C=O) groups excluding carboxylic acids is 2. The molecule has 0 bridgehead atoms. The summed E-state index contributed by atoms with van der Waals surface area (Å²) in [4.78, 5) is 36.8. The van der Waals surface area contributed by atoms with Gasteiger partial charge in [-0.25, -0.2) is 4.79 Å². The average Bonchev–Trinajstić information content (AvgIpc) is 3.16.